The van der Waals surface area contributed by atoms with Gasteiger partial charge in [0.1, 0.15) is 0 Å². The summed E-state index contributed by atoms with van der Waals surface area (Å²) in [6.07, 6.45) is 7.24. The first kappa shape index (κ1) is 21.0. The van der Waals surface area contributed by atoms with Crippen LogP contribution in [0.5, 0.6) is 11.5 Å². The van der Waals surface area contributed by atoms with Crippen molar-refractivity contribution in [2.24, 2.45) is 5.92 Å². The van der Waals surface area contributed by atoms with Crippen molar-refractivity contribution in [3.05, 3.63) is 23.8 Å². The van der Waals surface area contributed by atoms with Crippen molar-refractivity contribution in [2.75, 3.05) is 34.5 Å². The maximum absolute atomic E-state index is 5.57. The van der Waals surface area contributed by atoms with Crippen LogP contribution in [0.25, 0.3) is 0 Å². The fourth-order valence-corrected chi connectivity index (χ4v) is 4.17. The molecular formula is C22H37NO3. The van der Waals surface area contributed by atoms with Crippen LogP contribution in [0.3, 0.4) is 0 Å². The number of ether oxygens (including phenoxy) is 3. The minimum atomic E-state index is 0.213. The Labute approximate surface area is 159 Å². The van der Waals surface area contributed by atoms with Crippen LogP contribution in [0.1, 0.15) is 57.9 Å². The maximum Gasteiger partial charge on any atom is 0.161 e. The van der Waals surface area contributed by atoms with Crippen molar-refractivity contribution in [2.45, 2.75) is 63.8 Å². The fraction of sp³-hybridized carbons (Fsp3) is 0.727. The third kappa shape index (κ3) is 4.92. The van der Waals surface area contributed by atoms with Crippen LogP contribution < -0.4 is 14.8 Å². The summed E-state index contributed by atoms with van der Waals surface area (Å²) >= 11 is 0. The summed E-state index contributed by atoms with van der Waals surface area (Å²) < 4.78 is 16.2. The molecule has 148 valence electrons. The van der Waals surface area contributed by atoms with Gasteiger partial charge in [0.2, 0.25) is 0 Å². The molecule has 4 heteroatoms. The molecule has 1 saturated carbocycles. The predicted molar refractivity (Wildman–Crippen MR) is 107 cm³/mol. The molecule has 1 unspecified atom stereocenters. The molecule has 1 aliphatic rings. The topological polar surface area (TPSA) is 39.7 Å². The van der Waals surface area contributed by atoms with Crippen LogP contribution in [-0.2, 0) is 10.2 Å². The Morgan fingerprint density at radius 3 is 2.31 bits per heavy atom. The number of hydrogen-bond donors (Lipinski definition) is 1. The van der Waals surface area contributed by atoms with Gasteiger partial charge in [-0.3, -0.25) is 0 Å². The molecule has 1 aromatic carbocycles. The van der Waals surface area contributed by atoms with Gasteiger partial charge in [0.05, 0.1) is 14.2 Å². The van der Waals surface area contributed by atoms with Gasteiger partial charge in [-0.25, -0.2) is 0 Å². The molecule has 0 aliphatic heterocycles. The molecule has 1 fully saturated rings. The number of methoxy groups -OCH3 is 3. The van der Waals surface area contributed by atoms with E-state index >= 15 is 0 Å². The highest BCUT2D eigenvalue weighted by Gasteiger charge is 2.45. The molecule has 0 aromatic heterocycles. The second kappa shape index (κ2) is 10.2. The number of unbranched alkanes of at least 4 members (excludes halogenated alkanes) is 1. The summed E-state index contributed by atoms with van der Waals surface area (Å²) in [5, 5.41) is 3.89. The molecule has 4 nitrogen and oxygen atoms in total. The van der Waals surface area contributed by atoms with Gasteiger partial charge < -0.3 is 19.5 Å². The van der Waals surface area contributed by atoms with Crippen molar-refractivity contribution in [3.63, 3.8) is 0 Å². The first-order chi connectivity index (χ1) is 12.6. The third-order valence-corrected chi connectivity index (χ3v) is 5.74. The largest absolute Gasteiger partial charge is 0.493 e. The van der Waals surface area contributed by atoms with E-state index in [9.17, 15) is 0 Å². The average Bonchev–Trinajstić information content (AvgIpc) is 2.59. The Hall–Kier alpha value is -1.26. The molecule has 26 heavy (non-hydrogen) atoms. The fourth-order valence-electron chi connectivity index (χ4n) is 4.17. The monoisotopic (exact) mass is 363 g/mol. The van der Waals surface area contributed by atoms with E-state index in [1.54, 1.807) is 21.3 Å². The number of rotatable bonds is 12. The summed E-state index contributed by atoms with van der Waals surface area (Å²) in [6, 6.07) is 6.98. The standard InChI is InChI=1S/C22H37NO3/c1-17(2)15-21(23-13-6-7-14-24-3)22(11-8-12-22)18-9-10-19(25-4)20(16-18)26-5/h9-10,16-17,21,23H,6-8,11-15H2,1-5H3. The third-order valence-electron chi connectivity index (χ3n) is 5.74. The minimum absolute atomic E-state index is 0.213. The smallest absolute Gasteiger partial charge is 0.161 e. The second-order valence-electron chi connectivity index (χ2n) is 7.92. The zero-order chi connectivity index (χ0) is 19.0. The normalized spacial score (nSPS) is 17.0. The van der Waals surface area contributed by atoms with Gasteiger partial charge in [0.25, 0.3) is 0 Å². The Bertz CT molecular complexity index is 540. The molecule has 1 aromatic rings. The predicted octanol–water partition coefficient (Wildman–Crippen LogP) is 4.56. The second-order valence-corrected chi connectivity index (χ2v) is 7.92. The molecule has 1 atom stereocenters. The van der Waals surface area contributed by atoms with Crippen molar-refractivity contribution in [1.29, 1.82) is 0 Å². The van der Waals surface area contributed by atoms with Crippen LogP contribution in [-0.4, -0.2) is 40.5 Å². The molecule has 0 radical (unpaired) electrons. The maximum atomic E-state index is 5.57. The van der Waals surface area contributed by atoms with Gasteiger partial charge >= 0.3 is 0 Å². The Balaban J connectivity index is 2.19. The number of nitrogens with one attached hydrogen (secondary N) is 1. The van der Waals surface area contributed by atoms with Crippen molar-refractivity contribution in [3.8, 4) is 11.5 Å². The highest BCUT2D eigenvalue weighted by atomic mass is 16.5. The minimum Gasteiger partial charge on any atom is -0.493 e. The average molecular weight is 364 g/mol. The first-order valence-corrected chi connectivity index (χ1v) is 10.0. The molecular weight excluding hydrogens is 326 g/mol. The van der Waals surface area contributed by atoms with Crippen LogP contribution in [0.4, 0.5) is 0 Å². The van der Waals surface area contributed by atoms with Gasteiger partial charge in [0, 0.05) is 25.2 Å². The van der Waals surface area contributed by atoms with E-state index in [4.69, 9.17) is 14.2 Å². The van der Waals surface area contributed by atoms with Crippen LogP contribution in [0.15, 0.2) is 18.2 Å². The Kier molecular flexibility index (Phi) is 8.23. The van der Waals surface area contributed by atoms with Crippen LogP contribution in [0, 0.1) is 5.92 Å². The van der Waals surface area contributed by atoms with Gasteiger partial charge in [-0.05, 0) is 62.3 Å². The lowest BCUT2D eigenvalue weighted by Gasteiger charge is -2.49. The van der Waals surface area contributed by atoms with E-state index in [0.29, 0.717) is 12.0 Å². The highest BCUT2D eigenvalue weighted by Crippen LogP contribution is 2.49. The molecule has 2 rings (SSSR count). The van der Waals surface area contributed by atoms with E-state index < -0.39 is 0 Å². The van der Waals surface area contributed by atoms with Gasteiger partial charge in [0.15, 0.2) is 11.5 Å². The quantitative estimate of drug-likeness (QED) is 0.553. The molecule has 0 saturated heterocycles. The van der Waals surface area contributed by atoms with Gasteiger partial charge in [-0.1, -0.05) is 26.3 Å². The van der Waals surface area contributed by atoms with E-state index in [2.05, 4.69) is 37.4 Å². The molecule has 0 spiro atoms. The zero-order valence-corrected chi connectivity index (χ0v) is 17.3. The van der Waals surface area contributed by atoms with Crippen molar-refractivity contribution >= 4 is 0 Å². The Morgan fingerprint density at radius 1 is 1.04 bits per heavy atom. The summed E-state index contributed by atoms with van der Waals surface area (Å²) in [7, 11) is 5.18. The molecule has 0 amide bonds. The molecule has 0 bridgehead atoms. The lowest BCUT2D eigenvalue weighted by atomic mass is 9.58. The SMILES string of the molecule is COCCCCNC(CC(C)C)C1(c2ccc(OC)c(OC)c2)CCC1. The molecule has 1 aliphatic carbocycles. The number of benzene rings is 1. The summed E-state index contributed by atoms with van der Waals surface area (Å²) in [6.45, 7) is 6.54. The van der Waals surface area contributed by atoms with E-state index in [1.165, 1.54) is 31.2 Å². The van der Waals surface area contributed by atoms with Crippen molar-refractivity contribution < 1.29 is 14.2 Å². The van der Waals surface area contributed by atoms with E-state index in [1.807, 2.05) is 0 Å². The van der Waals surface area contributed by atoms with Crippen LogP contribution in [0.2, 0.25) is 0 Å². The van der Waals surface area contributed by atoms with E-state index in [-0.39, 0.29) is 5.41 Å². The lowest BCUT2D eigenvalue weighted by molar-refractivity contribution is 0.148. The molecule has 0 heterocycles. The highest BCUT2D eigenvalue weighted by molar-refractivity contribution is 5.46. The Morgan fingerprint density at radius 2 is 1.77 bits per heavy atom. The summed E-state index contributed by atoms with van der Waals surface area (Å²) in [5.74, 6) is 2.31. The van der Waals surface area contributed by atoms with Gasteiger partial charge in [-0.2, -0.15) is 0 Å². The van der Waals surface area contributed by atoms with E-state index in [0.717, 1.165) is 37.5 Å². The zero-order valence-electron chi connectivity index (χ0n) is 17.3. The first-order valence-electron chi connectivity index (χ1n) is 10.0. The summed E-state index contributed by atoms with van der Waals surface area (Å²) in [4.78, 5) is 0. The van der Waals surface area contributed by atoms with Crippen molar-refractivity contribution in [1.82, 2.24) is 5.32 Å². The lowest BCUT2D eigenvalue weighted by Crippen LogP contribution is -2.53. The molecule has 1 N–H and O–H groups in total. The van der Waals surface area contributed by atoms with Crippen LogP contribution >= 0.6 is 0 Å². The number of hydrogen-bond acceptors (Lipinski definition) is 4. The van der Waals surface area contributed by atoms with Gasteiger partial charge in [-0.15, -0.1) is 0 Å². The summed E-state index contributed by atoms with van der Waals surface area (Å²) in [5.41, 5.74) is 1.60.